The van der Waals surface area contributed by atoms with Crippen molar-refractivity contribution in [1.82, 2.24) is 10.6 Å². The largest absolute Gasteiger partial charge is 0.376 e. The predicted octanol–water partition coefficient (Wildman–Crippen LogP) is 0.379. The molecule has 2 amide bonds. The van der Waals surface area contributed by atoms with Crippen LogP contribution in [0.3, 0.4) is 0 Å². The zero-order valence-corrected chi connectivity index (χ0v) is 12.8. The van der Waals surface area contributed by atoms with Crippen molar-refractivity contribution in [3.05, 3.63) is 12.2 Å². The third kappa shape index (κ3) is 3.50. The van der Waals surface area contributed by atoms with Gasteiger partial charge in [-0.25, -0.2) is 0 Å². The van der Waals surface area contributed by atoms with Crippen molar-refractivity contribution in [1.29, 1.82) is 0 Å². The van der Waals surface area contributed by atoms with E-state index in [4.69, 9.17) is 9.47 Å². The molecule has 2 N–H and O–H groups in total. The van der Waals surface area contributed by atoms with Crippen LogP contribution in [0, 0.1) is 11.8 Å². The second-order valence-corrected chi connectivity index (χ2v) is 6.29. The van der Waals surface area contributed by atoms with Crippen LogP contribution in [0.4, 0.5) is 0 Å². The first-order valence-corrected chi connectivity index (χ1v) is 8.14. The molecule has 3 fully saturated rings. The minimum absolute atomic E-state index is 0.113. The SMILES string of the molecule is C=C1C(C(=O)NCC2CCCO2)[C@@H]1C(=O)NCC1CCCO1. The van der Waals surface area contributed by atoms with E-state index in [1.807, 2.05) is 0 Å². The second-order valence-electron chi connectivity index (χ2n) is 6.29. The summed E-state index contributed by atoms with van der Waals surface area (Å²) in [5.74, 6) is -0.993. The number of amides is 2. The smallest absolute Gasteiger partial charge is 0.228 e. The van der Waals surface area contributed by atoms with Gasteiger partial charge in [-0.2, -0.15) is 0 Å². The third-order valence-electron chi connectivity index (χ3n) is 4.64. The molecule has 1 aliphatic carbocycles. The number of ether oxygens (including phenoxy) is 2. The Morgan fingerprint density at radius 3 is 1.77 bits per heavy atom. The van der Waals surface area contributed by atoms with Gasteiger partial charge >= 0.3 is 0 Å². The van der Waals surface area contributed by atoms with Gasteiger partial charge in [0.05, 0.1) is 24.0 Å². The third-order valence-corrected chi connectivity index (χ3v) is 4.64. The average Bonchev–Trinajstić information content (AvgIpc) is 2.98. The molecule has 22 heavy (non-hydrogen) atoms. The highest BCUT2D eigenvalue weighted by molar-refractivity contribution is 5.99. The first-order chi connectivity index (χ1) is 10.7. The summed E-state index contributed by atoms with van der Waals surface area (Å²) in [4.78, 5) is 24.2. The second kappa shape index (κ2) is 6.79. The lowest BCUT2D eigenvalue weighted by atomic mass is 10.2. The van der Waals surface area contributed by atoms with Gasteiger partial charge in [0.2, 0.25) is 11.8 Å². The van der Waals surface area contributed by atoms with Crippen LogP contribution >= 0.6 is 0 Å². The van der Waals surface area contributed by atoms with Crippen LogP contribution in [0.2, 0.25) is 0 Å². The lowest BCUT2D eigenvalue weighted by molar-refractivity contribution is -0.127. The van der Waals surface area contributed by atoms with Crippen molar-refractivity contribution in [3.63, 3.8) is 0 Å². The van der Waals surface area contributed by atoms with Gasteiger partial charge in [-0.3, -0.25) is 9.59 Å². The highest BCUT2D eigenvalue weighted by Gasteiger charge is 2.52. The fraction of sp³-hybridized carbons (Fsp3) is 0.750. The Balaban J connectivity index is 1.39. The molecule has 2 heterocycles. The topological polar surface area (TPSA) is 76.7 Å². The number of rotatable bonds is 6. The number of nitrogens with one attached hydrogen (secondary N) is 2. The molecule has 1 saturated carbocycles. The first kappa shape index (κ1) is 15.5. The zero-order chi connectivity index (χ0) is 15.5. The van der Waals surface area contributed by atoms with Crippen LogP contribution in [-0.2, 0) is 19.1 Å². The molecule has 0 radical (unpaired) electrons. The Kier molecular flexibility index (Phi) is 4.78. The fourth-order valence-corrected chi connectivity index (χ4v) is 3.21. The number of hydrogen-bond acceptors (Lipinski definition) is 4. The van der Waals surface area contributed by atoms with E-state index >= 15 is 0 Å². The van der Waals surface area contributed by atoms with E-state index in [9.17, 15) is 9.59 Å². The highest BCUT2D eigenvalue weighted by atomic mass is 16.5. The number of hydrogen-bond donors (Lipinski definition) is 2. The summed E-state index contributed by atoms with van der Waals surface area (Å²) in [6.07, 6.45) is 4.29. The summed E-state index contributed by atoms with van der Waals surface area (Å²) in [5.41, 5.74) is 0.703. The summed E-state index contributed by atoms with van der Waals surface area (Å²) in [6, 6.07) is 0. The van der Waals surface area contributed by atoms with Gasteiger partial charge in [0, 0.05) is 26.3 Å². The Morgan fingerprint density at radius 1 is 0.955 bits per heavy atom. The molecule has 122 valence electrons. The molecular formula is C16H24N2O4. The molecule has 0 aromatic rings. The van der Waals surface area contributed by atoms with Gasteiger partial charge in [0.1, 0.15) is 0 Å². The van der Waals surface area contributed by atoms with Crippen LogP contribution in [0.25, 0.3) is 0 Å². The summed E-state index contributed by atoms with van der Waals surface area (Å²) in [5, 5.41) is 5.74. The van der Waals surface area contributed by atoms with E-state index in [-0.39, 0.29) is 35.9 Å². The molecule has 3 unspecified atom stereocenters. The molecule has 0 aromatic carbocycles. The molecule has 0 bridgehead atoms. The van der Waals surface area contributed by atoms with Crippen molar-refractivity contribution >= 4 is 11.8 Å². The summed E-state index contributed by atoms with van der Waals surface area (Å²) >= 11 is 0. The van der Waals surface area contributed by atoms with E-state index in [0.717, 1.165) is 38.9 Å². The molecule has 0 aromatic heterocycles. The van der Waals surface area contributed by atoms with Gasteiger partial charge < -0.3 is 20.1 Å². The van der Waals surface area contributed by atoms with Crippen molar-refractivity contribution in [2.75, 3.05) is 26.3 Å². The van der Waals surface area contributed by atoms with Crippen molar-refractivity contribution in [2.45, 2.75) is 37.9 Å². The van der Waals surface area contributed by atoms with Gasteiger partial charge in [-0.1, -0.05) is 12.2 Å². The Labute approximate surface area is 130 Å². The summed E-state index contributed by atoms with van der Waals surface area (Å²) < 4.78 is 10.9. The van der Waals surface area contributed by atoms with E-state index in [1.54, 1.807) is 0 Å². The molecule has 0 spiro atoms. The quantitative estimate of drug-likeness (QED) is 0.696. The van der Waals surface area contributed by atoms with Crippen LogP contribution in [0.15, 0.2) is 12.2 Å². The average molecular weight is 308 g/mol. The molecule has 3 aliphatic rings. The Morgan fingerprint density at radius 2 is 1.41 bits per heavy atom. The van der Waals surface area contributed by atoms with Crippen LogP contribution in [-0.4, -0.2) is 50.3 Å². The highest BCUT2D eigenvalue weighted by Crippen LogP contribution is 2.44. The van der Waals surface area contributed by atoms with Gasteiger partial charge in [-0.05, 0) is 25.7 Å². The lowest BCUT2D eigenvalue weighted by Crippen LogP contribution is -2.36. The van der Waals surface area contributed by atoms with Crippen molar-refractivity contribution in [2.24, 2.45) is 11.8 Å². The predicted molar refractivity (Wildman–Crippen MR) is 80.1 cm³/mol. The molecule has 6 nitrogen and oxygen atoms in total. The maximum atomic E-state index is 12.1. The molecule has 2 aliphatic heterocycles. The molecule has 4 atom stereocenters. The van der Waals surface area contributed by atoms with E-state index in [2.05, 4.69) is 17.2 Å². The van der Waals surface area contributed by atoms with E-state index < -0.39 is 0 Å². The van der Waals surface area contributed by atoms with Crippen LogP contribution in [0.5, 0.6) is 0 Å². The van der Waals surface area contributed by atoms with Crippen LogP contribution in [0.1, 0.15) is 25.7 Å². The van der Waals surface area contributed by atoms with Crippen LogP contribution < -0.4 is 10.6 Å². The zero-order valence-electron chi connectivity index (χ0n) is 12.8. The van der Waals surface area contributed by atoms with Crippen molar-refractivity contribution < 1.29 is 19.1 Å². The maximum absolute atomic E-state index is 12.1. The molecule has 6 heteroatoms. The minimum atomic E-state index is -0.383. The minimum Gasteiger partial charge on any atom is -0.376 e. The first-order valence-electron chi connectivity index (χ1n) is 8.14. The molecular weight excluding hydrogens is 284 g/mol. The number of carbonyl (C=O) groups excluding carboxylic acids is 2. The Bertz CT molecular complexity index is 413. The standard InChI is InChI=1S/C16H24N2O4/c1-10-13(15(19)17-8-11-4-2-6-21-11)14(10)16(20)18-9-12-5-3-7-22-12/h11-14H,1-9H2,(H,17,19)(H,18,20)/t11?,12?,13-,14?/m1/s1. The van der Waals surface area contributed by atoms with E-state index in [0.29, 0.717) is 18.7 Å². The summed E-state index contributed by atoms with van der Waals surface area (Å²) in [7, 11) is 0. The number of carbonyl (C=O) groups is 2. The Hall–Kier alpha value is -1.40. The monoisotopic (exact) mass is 308 g/mol. The maximum Gasteiger partial charge on any atom is 0.228 e. The summed E-state index contributed by atoms with van der Waals surface area (Å²) in [6.45, 7) is 6.43. The molecule has 2 saturated heterocycles. The molecule has 3 rings (SSSR count). The lowest BCUT2D eigenvalue weighted by Gasteiger charge is -2.11. The normalized spacial score (nSPS) is 33.7. The van der Waals surface area contributed by atoms with E-state index in [1.165, 1.54) is 0 Å². The van der Waals surface area contributed by atoms with Gasteiger partial charge in [-0.15, -0.1) is 0 Å². The van der Waals surface area contributed by atoms with Crippen molar-refractivity contribution in [3.8, 4) is 0 Å². The van der Waals surface area contributed by atoms with Gasteiger partial charge in [0.15, 0.2) is 0 Å². The van der Waals surface area contributed by atoms with Gasteiger partial charge in [0.25, 0.3) is 0 Å². The fourth-order valence-electron chi connectivity index (χ4n) is 3.21.